The Hall–Kier alpha value is -2.75. The Labute approximate surface area is 115 Å². The van der Waals surface area contributed by atoms with E-state index in [9.17, 15) is 4.79 Å². The Balaban J connectivity index is 2.13. The van der Waals surface area contributed by atoms with Gasteiger partial charge in [-0.3, -0.25) is 4.98 Å². The van der Waals surface area contributed by atoms with Crippen LogP contribution in [0.5, 0.6) is 0 Å². The van der Waals surface area contributed by atoms with Crippen molar-refractivity contribution in [2.75, 3.05) is 0 Å². The fourth-order valence-corrected chi connectivity index (χ4v) is 2.01. The number of aromatic nitrogens is 2. The van der Waals surface area contributed by atoms with E-state index in [1.165, 1.54) is 11.6 Å². The largest absolute Gasteiger partial charge is 0.478 e. The minimum Gasteiger partial charge on any atom is -0.478 e. The zero-order valence-electron chi connectivity index (χ0n) is 10.9. The molecule has 0 saturated heterocycles. The maximum absolute atomic E-state index is 11.0. The van der Waals surface area contributed by atoms with E-state index in [2.05, 4.69) is 9.97 Å². The number of fused-ring (bicyclic) bond motifs is 1. The van der Waals surface area contributed by atoms with E-state index in [0.717, 1.165) is 11.3 Å². The Morgan fingerprint density at radius 1 is 1.05 bits per heavy atom. The molecule has 3 aromatic rings. The Morgan fingerprint density at radius 3 is 2.50 bits per heavy atom. The van der Waals surface area contributed by atoms with E-state index in [1.807, 2.05) is 31.2 Å². The molecular weight excluding hydrogens is 252 g/mol. The van der Waals surface area contributed by atoms with E-state index in [0.29, 0.717) is 11.0 Å². The van der Waals surface area contributed by atoms with Crippen LogP contribution in [0.1, 0.15) is 15.9 Å². The maximum Gasteiger partial charge on any atom is 0.335 e. The van der Waals surface area contributed by atoms with Crippen molar-refractivity contribution < 1.29 is 9.90 Å². The summed E-state index contributed by atoms with van der Waals surface area (Å²) in [6.45, 7) is 2.02. The molecule has 0 bridgehead atoms. The molecule has 4 nitrogen and oxygen atoms in total. The average Bonchev–Trinajstić information content (AvgIpc) is 2.47. The van der Waals surface area contributed by atoms with E-state index in [1.54, 1.807) is 18.3 Å². The van der Waals surface area contributed by atoms with Crippen molar-refractivity contribution in [2.24, 2.45) is 0 Å². The van der Waals surface area contributed by atoms with Gasteiger partial charge in [0.15, 0.2) is 0 Å². The number of benzene rings is 2. The van der Waals surface area contributed by atoms with Crippen LogP contribution in [0.25, 0.3) is 22.3 Å². The van der Waals surface area contributed by atoms with Gasteiger partial charge in [0.25, 0.3) is 0 Å². The topological polar surface area (TPSA) is 63.1 Å². The summed E-state index contributed by atoms with van der Waals surface area (Å²) in [4.78, 5) is 19.8. The number of hydrogen-bond donors (Lipinski definition) is 1. The Kier molecular flexibility index (Phi) is 2.91. The number of nitrogens with zero attached hydrogens (tertiary/aromatic N) is 2. The summed E-state index contributed by atoms with van der Waals surface area (Å²) in [7, 11) is 0. The van der Waals surface area contributed by atoms with Gasteiger partial charge in [-0.1, -0.05) is 29.8 Å². The minimum absolute atomic E-state index is 0.216. The highest BCUT2D eigenvalue weighted by molar-refractivity contribution is 5.92. The molecular formula is C16H12N2O2. The summed E-state index contributed by atoms with van der Waals surface area (Å²) in [5.74, 6) is -0.963. The lowest BCUT2D eigenvalue weighted by molar-refractivity contribution is 0.0697. The first-order valence-corrected chi connectivity index (χ1v) is 6.20. The van der Waals surface area contributed by atoms with Crippen LogP contribution in [0.15, 0.2) is 48.7 Å². The third kappa shape index (κ3) is 2.23. The SMILES string of the molecule is Cc1ccc(-c2cnc3ccc(C(=O)O)cc3n2)cc1. The van der Waals surface area contributed by atoms with Crippen molar-refractivity contribution in [1.29, 1.82) is 0 Å². The molecule has 20 heavy (non-hydrogen) atoms. The molecule has 0 atom stereocenters. The van der Waals surface area contributed by atoms with Gasteiger partial charge < -0.3 is 5.11 Å². The monoisotopic (exact) mass is 264 g/mol. The summed E-state index contributed by atoms with van der Waals surface area (Å²) in [5.41, 5.74) is 4.36. The third-order valence-corrected chi connectivity index (χ3v) is 3.14. The van der Waals surface area contributed by atoms with Crippen molar-refractivity contribution in [2.45, 2.75) is 6.92 Å². The molecule has 4 heteroatoms. The number of carbonyl (C=O) groups is 1. The van der Waals surface area contributed by atoms with Crippen LogP contribution in [0.3, 0.4) is 0 Å². The molecule has 0 unspecified atom stereocenters. The molecule has 0 saturated carbocycles. The third-order valence-electron chi connectivity index (χ3n) is 3.14. The number of carboxylic acid groups (broad SMARTS) is 1. The second-order valence-corrected chi connectivity index (χ2v) is 4.63. The molecule has 0 aliphatic carbocycles. The molecule has 0 aliphatic rings. The van der Waals surface area contributed by atoms with Gasteiger partial charge in [0, 0.05) is 5.56 Å². The van der Waals surface area contributed by atoms with Crippen molar-refractivity contribution in [1.82, 2.24) is 9.97 Å². The minimum atomic E-state index is -0.963. The van der Waals surface area contributed by atoms with Crippen LogP contribution in [-0.4, -0.2) is 21.0 Å². The predicted octanol–water partition coefficient (Wildman–Crippen LogP) is 3.30. The van der Waals surface area contributed by atoms with Gasteiger partial charge in [0.2, 0.25) is 0 Å². The van der Waals surface area contributed by atoms with Gasteiger partial charge in [-0.15, -0.1) is 0 Å². The molecule has 0 amide bonds. The van der Waals surface area contributed by atoms with Gasteiger partial charge >= 0.3 is 5.97 Å². The zero-order chi connectivity index (χ0) is 14.1. The van der Waals surface area contributed by atoms with Crippen molar-refractivity contribution in [3.8, 4) is 11.3 Å². The molecule has 1 heterocycles. The highest BCUT2D eigenvalue weighted by Gasteiger charge is 2.07. The van der Waals surface area contributed by atoms with E-state index in [-0.39, 0.29) is 5.56 Å². The molecule has 2 aromatic carbocycles. The lowest BCUT2D eigenvalue weighted by Crippen LogP contribution is -1.97. The number of carboxylic acids is 1. The second-order valence-electron chi connectivity index (χ2n) is 4.63. The lowest BCUT2D eigenvalue weighted by Gasteiger charge is -2.04. The molecule has 1 aromatic heterocycles. The average molecular weight is 264 g/mol. The molecule has 1 N–H and O–H groups in total. The van der Waals surface area contributed by atoms with Crippen molar-refractivity contribution in [3.05, 3.63) is 59.8 Å². The van der Waals surface area contributed by atoms with Crippen LogP contribution in [0.2, 0.25) is 0 Å². The quantitative estimate of drug-likeness (QED) is 0.771. The highest BCUT2D eigenvalue weighted by atomic mass is 16.4. The summed E-state index contributed by atoms with van der Waals surface area (Å²) in [6, 6.07) is 12.7. The molecule has 3 rings (SSSR count). The summed E-state index contributed by atoms with van der Waals surface area (Å²) in [5, 5.41) is 9.01. The Bertz CT molecular complexity index is 795. The lowest BCUT2D eigenvalue weighted by atomic mass is 10.1. The zero-order valence-corrected chi connectivity index (χ0v) is 10.9. The van der Waals surface area contributed by atoms with Gasteiger partial charge in [-0.05, 0) is 25.1 Å². The van der Waals surface area contributed by atoms with Crippen LogP contribution in [0, 0.1) is 6.92 Å². The fraction of sp³-hybridized carbons (Fsp3) is 0.0625. The molecule has 0 aliphatic heterocycles. The highest BCUT2D eigenvalue weighted by Crippen LogP contribution is 2.20. The molecule has 98 valence electrons. The van der Waals surface area contributed by atoms with Crippen LogP contribution >= 0.6 is 0 Å². The number of hydrogen-bond acceptors (Lipinski definition) is 3. The number of aryl methyl sites for hydroxylation is 1. The van der Waals surface area contributed by atoms with Gasteiger partial charge in [-0.25, -0.2) is 9.78 Å². The standard InChI is InChI=1S/C16H12N2O2/c1-10-2-4-11(5-3-10)15-9-17-13-7-6-12(16(19)20)8-14(13)18-15/h2-9H,1H3,(H,19,20). The van der Waals surface area contributed by atoms with Crippen LogP contribution in [0.4, 0.5) is 0 Å². The number of rotatable bonds is 2. The van der Waals surface area contributed by atoms with Crippen molar-refractivity contribution in [3.63, 3.8) is 0 Å². The first-order valence-electron chi connectivity index (χ1n) is 6.20. The van der Waals surface area contributed by atoms with E-state index < -0.39 is 5.97 Å². The second kappa shape index (κ2) is 4.74. The summed E-state index contributed by atoms with van der Waals surface area (Å²) >= 11 is 0. The van der Waals surface area contributed by atoms with Crippen molar-refractivity contribution >= 4 is 17.0 Å². The molecule has 0 spiro atoms. The normalized spacial score (nSPS) is 10.7. The van der Waals surface area contributed by atoms with Crippen LogP contribution < -0.4 is 0 Å². The first-order chi connectivity index (χ1) is 9.63. The first kappa shape index (κ1) is 12.3. The maximum atomic E-state index is 11.0. The van der Waals surface area contributed by atoms with E-state index in [4.69, 9.17) is 5.11 Å². The van der Waals surface area contributed by atoms with Gasteiger partial charge in [-0.2, -0.15) is 0 Å². The van der Waals surface area contributed by atoms with Gasteiger partial charge in [0.05, 0.1) is 28.5 Å². The molecule has 0 fully saturated rings. The smallest absolute Gasteiger partial charge is 0.335 e. The summed E-state index contributed by atoms with van der Waals surface area (Å²) in [6.07, 6.45) is 1.70. The summed E-state index contributed by atoms with van der Waals surface area (Å²) < 4.78 is 0. The predicted molar refractivity (Wildman–Crippen MR) is 76.7 cm³/mol. The fourth-order valence-electron chi connectivity index (χ4n) is 2.01. The van der Waals surface area contributed by atoms with E-state index >= 15 is 0 Å². The Morgan fingerprint density at radius 2 is 1.80 bits per heavy atom. The molecule has 0 radical (unpaired) electrons. The van der Waals surface area contributed by atoms with Crippen LogP contribution in [-0.2, 0) is 0 Å². The van der Waals surface area contributed by atoms with Gasteiger partial charge in [0.1, 0.15) is 0 Å². The number of aromatic carboxylic acids is 1.